The molecule has 0 aliphatic carbocycles. The maximum Gasteiger partial charge on any atom is 0.243 e. The van der Waals surface area contributed by atoms with Gasteiger partial charge in [0.2, 0.25) is 5.91 Å². The van der Waals surface area contributed by atoms with Gasteiger partial charge in [0, 0.05) is 12.1 Å². The number of benzene rings is 1. The van der Waals surface area contributed by atoms with Gasteiger partial charge in [-0.25, -0.2) is 5.48 Å². The summed E-state index contributed by atoms with van der Waals surface area (Å²) in [6.07, 6.45) is 0.794. The summed E-state index contributed by atoms with van der Waals surface area (Å²) < 4.78 is 5.34. The number of carbonyl (C=O) groups excluding carboxylic acids is 1. The molecule has 5 nitrogen and oxygen atoms in total. The van der Waals surface area contributed by atoms with E-state index in [-0.39, 0.29) is 6.42 Å². The van der Waals surface area contributed by atoms with Crippen LogP contribution in [-0.2, 0) is 4.79 Å². The number of amides is 1. The highest BCUT2D eigenvalue weighted by Gasteiger charge is 1.99. The molecule has 0 atom stereocenters. The average Bonchev–Trinajstić information content (AvgIpc) is 2.26. The second-order valence-electron chi connectivity index (χ2n) is 3.06. The first-order chi connectivity index (χ1) is 7.22. The molecule has 82 valence electrons. The zero-order valence-electron chi connectivity index (χ0n) is 8.27. The van der Waals surface area contributed by atoms with Crippen LogP contribution in [0.25, 0.3) is 0 Å². The topological polar surface area (TPSA) is 84.6 Å². The van der Waals surface area contributed by atoms with E-state index in [4.69, 9.17) is 15.7 Å². The van der Waals surface area contributed by atoms with Crippen molar-refractivity contribution in [1.82, 2.24) is 5.48 Å². The number of nitrogen functional groups attached to an aromatic ring is 1. The summed E-state index contributed by atoms with van der Waals surface area (Å²) in [5.74, 6) is 0.310. The molecule has 0 spiro atoms. The first kappa shape index (κ1) is 11.3. The van der Waals surface area contributed by atoms with Gasteiger partial charge in [0.15, 0.2) is 0 Å². The van der Waals surface area contributed by atoms with Gasteiger partial charge in [-0.1, -0.05) is 0 Å². The molecule has 0 unspecified atom stereocenters. The zero-order valence-corrected chi connectivity index (χ0v) is 8.27. The average molecular weight is 210 g/mol. The maximum absolute atomic E-state index is 10.6. The molecule has 1 aromatic rings. The second kappa shape index (κ2) is 5.87. The Bertz CT molecular complexity index is 311. The van der Waals surface area contributed by atoms with Crippen LogP contribution in [0.4, 0.5) is 5.69 Å². The lowest BCUT2D eigenvalue weighted by Crippen LogP contribution is -2.18. The molecular formula is C10H14N2O3. The lowest BCUT2D eigenvalue weighted by Gasteiger charge is -2.05. The van der Waals surface area contributed by atoms with Crippen molar-refractivity contribution in [3.63, 3.8) is 0 Å². The highest BCUT2D eigenvalue weighted by atomic mass is 16.5. The Morgan fingerprint density at radius 2 is 2.07 bits per heavy atom. The highest BCUT2D eigenvalue weighted by molar-refractivity contribution is 5.74. The van der Waals surface area contributed by atoms with Gasteiger partial charge in [-0.3, -0.25) is 10.0 Å². The molecule has 5 heteroatoms. The van der Waals surface area contributed by atoms with Gasteiger partial charge in [-0.05, 0) is 30.7 Å². The Hall–Kier alpha value is -1.75. The van der Waals surface area contributed by atoms with Crippen LogP contribution in [0.5, 0.6) is 5.75 Å². The lowest BCUT2D eigenvalue weighted by atomic mass is 10.3. The lowest BCUT2D eigenvalue weighted by molar-refractivity contribution is -0.129. The van der Waals surface area contributed by atoms with Crippen molar-refractivity contribution in [2.75, 3.05) is 12.3 Å². The molecule has 15 heavy (non-hydrogen) atoms. The van der Waals surface area contributed by atoms with Crippen molar-refractivity contribution in [2.24, 2.45) is 0 Å². The first-order valence-electron chi connectivity index (χ1n) is 4.63. The number of nitrogens with two attached hydrogens (primary N) is 1. The Kier molecular flexibility index (Phi) is 4.43. The van der Waals surface area contributed by atoms with E-state index in [0.717, 1.165) is 0 Å². The van der Waals surface area contributed by atoms with E-state index in [0.29, 0.717) is 24.5 Å². The van der Waals surface area contributed by atoms with Crippen LogP contribution in [0.3, 0.4) is 0 Å². The third-order valence-corrected chi connectivity index (χ3v) is 1.82. The molecule has 0 aliphatic heterocycles. The largest absolute Gasteiger partial charge is 0.494 e. The summed E-state index contributed by atoms with van der Waals surface area (Å²) in [4.78, 5) is 10.6. The van der Waals surface area contributed by atoms with E-state index in [2.05, 4.69) is 0 Å². The van der Waals surface area contributed by atoms with Crippen molar-refractivity contribution in [2.45, 2.75) is 12.8 Å². The summed E-state index contributed by atoms with van der Waals surface area (Å²) in [6.45, 7) is 0.428. The Morgan fingerprint density at radius 1 is 1.40 bits per heavy atom. The predicted molar refractivity (Wildman–Crippen MR) is 55.5 cm³/mol. The van der Waals surface area contributed by atoms with Gasteiger partial charge in [0.1, 0.15) is 5.75 Å². The van der Waals surface area contributed by atoms with Crippen LogP contribution in [0, 0.1) is 0 Å². The van der Waals surface area contributed by atoms with Crippen molar-refractivity contribution in [3.05, 3.63) is 24.3 Å². The van der Waals surface area contributed by atoms with Crippen LogP contribution in [0.1, 0.15) is 12.8 Å². The molecule has 0 radical (unpaired) electrons. The highest BCUT2D eigenvalue weighted by Crippen LogP contribution is 2.13. The standard InChI is InChI=1S/C10H14N2O3/c11-8-3-5-9(6-4-8)15-7-1-2-10(13)12-14/h3-6,14H,1-2,7,11H2,(H,12,13). The minimum atomic E-state index is -0.407. The van der Waals surface area contributed by atoms with Gasteiger partial charge in [-0.15, -0.1) is 0 Å². The van der Waals surface area contributed by atoms with Crippen molar-refractivity contribution in [3.8, 4) is 5.75 Å². The van der Waals surface area contributed by atoms with Crippen molar-refractivity contribution >= 4 is 11.6 Å². The van der Waals surface area contributed by atoms with E-state index in [1.54, 1.807) is 29.7 Å². The fourth-order valence-corrected chi connectivity index (χ4v) is 1.04. The maximum atomic E-state index is 10.6. The Labute approximate surface area is 87.8 Å². The summed E-state index contributed by atoms with van der Waals surface area (Å²) in [5, 5.41) is 8.23. The second-order valence-corrected chi connectivity index (χ2v) is 3.06. The van der Waals surface area contributed by atoms with E-state index in [1.807, 2.05) is 0 Å². The molecule has 4 N–H and O–H groups in total. The van der Waals surface area contributed by atoms with Gasteiger partial charge >= 0.3 is 0 Å². The van der Waals surface area contributed by atoms with E-state index in [1.165, 1.54) is 0 Å². The third kappa shape index (κ3) is 4.33. The van der Waals surface area contributed by atoms with E-state index < -0.39 is 5.91 Å². The number of hydroxylamine groups is 1. The van der Waals surface area contributed by atoms with Crippen LogP contribution in [0.2, 0.25) is 0 Å². The molecule has 1 amide bonds. The molecule has 0 fully saturated rings. The fraction of sp³-hybridized carbons (Fsp3) is 0.300. The van der Waals surface area contributed by atoms with Crippen molar-refractivity contribution < 1.29 is 14.7 Å². The summed E-state index contributed by atoms with van der Waals surface area (Å²) in [7, 11) is 0. The molecule has 0 heterocycles. The molecule has 1 aromatic carbocycles. The van der Waals surface area contributed by atoms with Gasteiger partial charge < -0.3 is 10.5 Å². The SMILES string of the molecule is Nc1ccc(OCCCC(=O)NO)cc1. The van der Waals surface area contributed by atoms with Crippen LogP contribution in [0.15, 0.2) is 24.3 Å². The minimum Gasteiger partial charge on any atom is -0.494 e. The molecule has 0 aliphatic rings. The number of anilines is 1. The van der Waals surface area contributed by atoms with E-state index >= 15 is 0 Å². The molecule has 0 bridgehead atoms. The molecular weight excluding hydrogens is 196 g/mol. The molecule has 0 aromatic heterocycles. The van der Waals surface area contributed by atoms with Gasteiger partial charge in [0.05, 0.1) is 6.61 Å². The Balaban J connectivity index is 2.20. The predicted octanol–water partition coefficient (Wildman–Crippen LogP) is 0.933. The number of hydrogen-bond acceptors (Lipinski definition) is 4. The summed E-state index contributed by atoms with van der Waals surface area (Å²) >= 11 is 0. The molecule has 0 saturated heterocycles. The van der Waals surface area contributed by atoms with Crippen LogP contribution < -0.4 is 16.0 Å². The molecule has 1 rings (SSSR count). The van der Waals surface area contributed by atoms with Crippen LogP contribution >= 0.6 is 0 Å². The normalized spacial score (nSPS) is 9.67. The van der Waals surface area contributed by atoms with Crippen LogP contribution in [-0.4, -0.2) is 17.7 Å². The smallest absolute Gasteiger partial charge is 0.243 e. The van der Waals surface area contributed by atoms with E-state index in [9.17, 15) is 4.79 Å². The first-order valence-corrected chi connectivity index (χ1v) is 4.63. The number of nitrogens with one attached hydrogen (secondary N) is 1. The fourth-order valence-electron chi connectivity index (χ4n) is 1.04. The zero-order chi connectivity index (χ0) is 11.1. The number of ether oxygens (including phenoxy) is 1. The van der Waals surface area contributed by atoms with Crippen molar-refractivity contribution in [1.29, 1.82) is 0 Å². The number of carbonyl (C=O) groups is 1. The monoisotopic (exact) mass is 210 g/mol. The number of rotatable bonds is 5. The molecule has 0 saturated carbocycles. The third-order valence-electron chi connectivity index (χ3n) is 1.82. The number of hydrogen-bond donors (Lipinski definition) is 3. The summed E-state index contributed by atoms with van der Waals surface area (Å²) in [5.41, 5.74) is 7.75. The quantitative estimate of drug-likeness (QED) is 0.292. The summed E-state index contributed by atoms with van der Waals surface area (Å²) in [6, 6.07) is 7.02. The van der Waals surface area contributed by atoms with Gasteiger partial charge in [0.25, 0.3) is 0 Å². The van der Waals surface area contributed by atoms with Gasteiger partial charge in [-0.2, -0.15) is 0 Å². The minimum absolute atomic E-state index is 0.242. The Morgan fingerprint density at radius 3 is 2.67 bits per heavy atom.